The molecule has 0 aliphatic carbocycles. The summed E-state index contributed by atoms with van der Waals surface area (Å²) in [5.74, 6) is 1.15. The Morgan fingerprint density at radius 3 is 2.30 bits per heavy atom. The predicted octanol–water partition coefficient (Wildman–Crippen LogP) is 3.78. The van der Waals surface area contributed by atoms with Gasteiger partial charge < -0.3 is 15.1 Å². The number of piperazine rings is 1. The first-order chi connectivity index (χ1) is 13.2. The summed E-state index contributed by atoms with van der Waals surface area (Å²) in [6.07, 6.45) is 0. The predicted molar refractivity (Wildman–Crippen MR) is 107 cm³/mol. The minimum Gasteiger partial charge on any atom is -0.354 e. The van der Waals surface area contributed by atoms with Crippen molar-refractivity contribution in [1.82, 2.24) is 14.9 Å². The van der Waals surface area contributed by atoms with E-state index in [0.29, 0.717) is 5.95 Å². The van der Waals surface area contributed by atoms with Crippen molar-refractivity contribution >= 4 is 17.5 Å². The molecule has 6 heteroatoms. The van der Waals surface area contributed by atoms with Crippen LogP contribution in [0.1, 0.15) is 0 Å². The van der Waals surface area contributed by atoms with Gasteiger partial charge in [0.15, 0.2) is 0 Å². The Morgan fingerprint density at radius 1 is 0.889 bits per heavy atom. The lowest BCUT2D eigenvalue weighted by Gasteiger charge is -2.33. The minimum atomic E-state index is -0.266. The van der Waals surface area contributed by atoms with Gasteiger partial charge in [0.2, 0.25) is 5.95 Å². The highest BCUT2D eigenvalue weighted by atomic mass is 19.1. The standard InChI is InChI=1S/C21H22FN5/c1-26-11-13-27(14-12-26)20-15-19(16-5-3-2-4-6-16)24-21(25-20)23-18-9-7-17(22)8-10-18/h2-10,15H,11-14H2,1H3,(H,23,24,25). The van der Waals surface area contributed by atoms with E-state index >= 15 is 0 Å². The highest BCUT2D eigenvalue weighted by molar-refractivity contribution is 5.66. The monoisotopic (exact) mass is 363 g/mol. The van der Waals surface area contributed by atoms with E-state index in [2.05, 4.69) is 27.1 Å². The first-order valence-electron chi connectivity index (χ1n) is 9.08. The summed E-state index contributed by atoms with van der Waals surface area (Å²) in [5.41, 5.74) is 2.66. The molecule has 0 saturated carbocycles. The third kappa shape index (κ3) is 4.23. The van der Waals surface area contributed by atoms with Crippen LogP contribution >= 0.6 is 0 Å². The SMILES string of the molecule is CN1CCN(c2cc(-c3ccccc3)nc(Nc3ccc(F)cc3)n2)CC1. The molecule has 0 amide bonds. The zero-order chi connectivity index (χ0) is 18.6. The molecule has 2 aromatic carbocycles. The van der Waals surface area contributed by atoms with Crippen LogP contribution in [0.5, 0.6) is 0 Å². The van der Waals surface area contributed by atoms with Gasteiger partial charge in [-0.3, -0.25) is 0 Å². The van der Waals surface area contributed by atoms with Gasteiger partial charge >= 0.3 is 0 Å². The van der Waals surface area contributed by atoms with E-state index in [1.54, 1.807) is 12.1 Å². The molecule has 0 radical (unpaired) electrons. The first kappa shape index (κ1) is 17.4. The molecule has 3 aromatic rings. The van der Waals surface area contributed by atoms with Crippen LogP contribution in [0.4, 0.5) is 21.8 Å². The molecule has 2 heterocycles. The van der Waals surface area contributed by atoms with E-state index in [9.17, 15) is 4.39 Å². The molecule has 1 fully saturated rings. The molecule has 1 aromatic heterocycles. The Bertz CT molecular complexity index is 890. The third-order valence-electron chi connectivity index (χ3n) is 4.71. The van der Waals surface area contributed by atoms with Crippen LogP contribution in [0.2, 0.25) is 0 Å². The molecular formula is C21H22FN5. The second kappa shape index (κ2) is 7.72. The quantitative estimate of drug-likeness (QED) is 0.764. The normalized spacial score (nSPS) is 15.0. The molecule has 1 saturated heterocycles. The molecule has 27 heavy (non-hydrogen) atoms. The smallest absolute Gasteiger partial charge is 0.229 e. The van der Waals surface area contributed by atoms with Gasteiger partial charge in [0.25, 0.3) is 0 Å². The van der Waals surface area contributed by atoms with Crippen LogP contribution in [-0.2, 0) is 0 Å². The van der Waals surface area contributed by atoms with Crippen molar-refractivity contribution < 1.29 is 4.39 Å². The van der Waals surface area contributed by atoms with Gasteiger partial charge in [-0.1, -0.05) is 30.3 Å². The maximum Gasteiger partial charge on any atom is 0.229 e. The summed E-state index contributed by atoms with van der Waals surface area (Å²) >= 11 is 0. The van der Waals surface area contributed by atoms with Gasteiger partial charge in [0, 0.05) is 43.5 Å². The van der Waals surface area contributed by atoms with E-state index in [1.165, 1.54) is 12.1 Å². The van der Waals surface area contributed by atoms with Crippen molar-refractivity contribution in [3.8, 4) is 11.3 Å². The first-order valence-corrected chi connectivity index (χ1v) is 9.08. The summed E-state index contributed by atoms with van der Waals surface area (Å²) in [4.78, 5) is 14.0. The molecule has 1 aliphatic heterocycles. The summed E-state index contributed by atoms with van der Waals surface area (Å²) in [5, 5.41) is 3.20. The fraction of sp³-hybridized carbons (Fsp3) is 0.238. The second-order valence-electron chi connectivity index (χ2n) is 6.72. The molecule has 0 spiro atoms. The van der Waals surface area contributed by atoms with E-state index in [1.807, 2.05) is 36.4 Å². The summed E-state index contributed by atoms with van der Waals surface area (Å²) in [6, 6.07) is 18.3. The number of hydrogen-bond donors (Lipinski definition) is 1. The van der Waals surface area contributed by atoms with E-state index in [-0.39, 0.29) is 5.82 Å². The van der Waals surface area contributed by atoms with Crippen LogP contribution in [0, 0.1) is 5.82 Å². The van der Waals surface area contributed by atoms with Crippen molar-refractivity contribution in [2.24, 2.45) is 0 Å². The fourth-order valence-electron chi connectivity index (χ4n) is 3.11. The lowest BCUT2D eigenvalue weighted by molar-refractivity contribution is 0.312. The molecule has 1 aliphatic rings. The number of benzene rings is 2. The fourth-order valence-corrected chi connectivity index (χ4v) is 3.11. The number of likely N-dealkylation sites (N-methyl/N-ethyl adjacent to an activating group) is 1. The zero-order valence-corrected chi connectivity index (χ0v) is 15.3. The van der Waals surface area contributed by atoms with Crippen molar-refractivity contribution in [3.05, 3.63) is 66.5 Å². The van der Waals surface area contributed by atoms with Crippen LogP contribution < -0.4 is 10.2 Å². The highest BCUT2D eigenvalue weighted by Crippen LogP contribution is 2.25. The minimum absolute atomic E-state index is 0.266. The van der Waals surface area contributed by atoms with Crippen molar-refractivity contribution in [3.63, 3.8) is 0 Å². The molecular weight excluding hydrogens is 341 g/mol. The van der Waals surface area contributed by atoms with Gasteiger partial charge in [0.05, 0.1) is 5.69 Å². The summed E-state index contributed by atoms with van der Waals surface area (Å²) < 4.78 is 13.2. The molecule has 0 unspecified atom stereocenters. The van der Waals surface area contributed by atoms with Crippen LogP contribution in [0.3, 0.4) is 0 Å². The number of rotatable bonds is 4. The largest absolute Gasteiger partial charge is 0.354 e. The van der Waals surface area contributed by atoms with E-state index < -0.39 is 0 Å². The van der Waals surface area contributed by atoms with Gasteiger partial charge in [0.1, 0.15) is 11.6 Å². The van der Waals surface area contributed by atoms with Crippen LogP contribution in [0.25, 0.3) is 11.3 Å². The van der Waals surface area contributed by atoms with Crippen molar-refractivity contribution in [1.29, 1.82) is 0 Å². The lowest BCUT2D eigenvalue weighted by Crippen LogP contribution is -2.44. The maximum absolute atomic E-state index is 13.2. The molecule has 0 bridgehead atoms. The Hall–Kier alpha value is -2.99. The zero-order valence-electron chi connectivity index (χ0n) is 15.3. The second-order valence-corrected chi connectivity index (χ2v) is 6.72. The Morgan fingerprint density at radius 2 is 1.59 bits per heavy atom. The number of nitrogens with one attached hydrogen (secondary N) is 1. The molecule has 138 valence electrons. The molecule has 1 N–H and O–H groups in total. The van der Waals surface area contributed by atoms with Crippen LogP contribution in [-0.4, -0.2) is 48.1 Å². The van der Waals surface area contributed by atoms with Gasteiger partial charge in [-0.15, -0.1) is 0 Å². The maximum atomic E-state index is 13.2. The average Bonchev–Trinajstić information content (AvgIpc) is 2.71. The lowest BCUT2D eigenvalue weighted by atomic mass is 10.1. The number of aromatic nitrogens is 2. The van der Waals surface area contributed by atoms with Crippen molar-refractivity contribution in [2.75, 3.05) is 43.4 Å². The third-order valence-corrected chi connectivity index (χ3v) is 4.71. The average molecular weight is 363 g/mol. The number of anilines is 3. The Labute approximate surface area is 158 Å². The van der Waals surface area contributed by atoms with Gasteiger partial charge in [-0.2, -0.15) is 4.98 Å². The van der Waals surface area contributed by atoms with Gasteiger partial charge in [-0.05, 0) is 31.3 Å². The van der Waals surface area contributed by atoms with E-state index in [4.69, 9.17) is 4.98 Å². The Kier molecular flexibility index (Phi) is 4.98. The van der Waals surface area contributed by atoms with Crippen LogP contribution in [0.15, 0.2) is 60.7 Å². The summed E-state index contributed by atoms with van der Waals surface area (Å²) in [6.45, 7) is 3.87. The Balaban J connectivity index is 1.69. The van der Waals surface area contributed by atoms with Crippen molar-refractivity contribution in [2.45, 2.75) is 0 Å². The molecule has 5 nitrogen and oxygen atoms in total. The molecule has 0 atom stereocenters. The molecule has 4 rings (SSSR count). The summed E-state index contributed by atoms with van der Waals surface area (Å²) in [7, 11) is 2.13. The number of hydrogen-bond acceptors (Lipinski definition) is 5. The number of halogens is 1. The van der Waals surface area contributed by atoms with Gasteiger partial charge in [-0.25, -0.2) is 9.37 Å². The topological polar surface area (TPSA) is 44.3 Å². The number of nitrogens with zero attached hydrogens (tertiary/aromatic N) is 4. The van der Waals surface area contributed by atoms with E-state index in [0.717, 1.165) is 48.9 Å². The highest BCUT2D eigenvalue weighted by Gasteiger charge is 2.17.